The smallest absolute Gasteiger partial charge is 0.264 e. The van der Waals surface area contributed by atoms with E-state index < -0.39 is 6.10 Å². The van der Waals surface area contributed by atoms with Gasteiger partial charge in [0, 0.05) is 35.2 Å². The molecular formula is C18H19ClN2O2S. The van der Waals surface area contributed by atoms with Gasteiger partial charge in [0.15, 0.2) is 0 Å². The van der Waals surface area contributed by atoms with E-state index in [1.807, 2.05) is 42.6 Å². The van der Waals surface area contributed by atoms with Gasteiger partial charge in [0.2, 0.25) is 6.10 Å². The van der Waals surface area contributed by atoms with Gasteiger partial charge in [-0.2, -0.15) is 0 Å². The topological polar surface area (TPSA) is 50.7 Å². The van der Waals surface area contributed by atoms with Crippen LogP contribution in [0.1, 0.15) is 23.8 Å². The van der Waals surface area contributed by atoms with E-state index >= 15 is 0 Å². The molecule has 6 heteroatoms. The zero-order valence-corrected chi connectivity index (χ0v) is 14.9. The van der Waals surface area contributed by atoms with Crippen LogP contribution in [0.25, 0.3) is 0 Å². The number of carbonyl (C=O) groups is 1. The number of nitrogens with zero attached hydrogens (tertiary/aromatic N) is 1. The van der Waals surface area contributed by atoms with E-state index in [4.69, 9.17) is 16.4 Å². The van der Waals surface area contributed by atoms with Crippen LogP contribution in [-0.2, 0) is 22.5 Å². The molecular weight excluding hydrogens is 344 g/mol. The number of amides is 1. The van der Waals surface area contributed by atoms with Crippen molar-refractivity contribution in [2.45, 2.75) is 38.3 Å². The highest BCUT2D eigenvalue weighted by Gasteiger charge is 2.28. The number of thiophene rings is 1. The molecule has 1 aliphatic heterocycles. The van der Waals surface area contributed by atoms with Gasteiger partial charge in [-0.15, -0.1) is 11.3 Å². The Morgan fingerprint density at radius 3 is 3.08 bits per heavy atom. The first kappa shape index (κ1) is 17.0. The Hall–Kier alpha value is -1.85. The number of nitrogens with one attached hydrogen (secondary N) is 1. The van der Waals surface area contributed by atoms with Crippen LogP contribution in [-0.4, -0.2) is 23.8 Å². The average molecular weight is 363 g/mol. The Balaban J connectivity index is 1.48. The fourth-order valence-electron chi connectivity index (χ4n) is 2.67. The lowest BCUT2D eigenvalue weighted by Crippen LogP contribution is -2.41. The predicted octanol–water partition coefficient (Wildman–Crippen LogP) is 3.84. The molecule has 1 aromatic carbocycles. The van der Waals surface area contributed by atoms with Gasteiger partial charge in [-0.05, 0) is 36.1 Å². The zero-order valence-electron chi connectivity index (χ0n) is 13.4. The Bertz CT molecular complexity index is 730. The van der Waals surface area contributed by atoms with Gasteiger partial charge in [0.05, 0.1) is 5.71 Å². The number of hydrogen-bond acceptors (Lipinski definition) is 4. The number of oxime groups is 1. The monoisotopic (exact) mass is 362 g/mol. The van der Waals surface area contributed by atoms with Crippen LogP contribution >= 0.6 is 22.9 Å². The van der Waals surface area contributed by atoms with Gasteiger partial charge < -0.3 is 10.2 Å². The molecule has 0 fully saturated rings. The molecule has 1 N–H and O–H groups in total. The highest BCUT2D eigenvalue weighted by molar-refractivity contribution is 7.09. The molecule has 24 heavy (non-hydrogen) atoms. The van der Waals surface area contributed by atoms with E-state index in [9.17, 15) is 4.79 Å². The van der Waals surface area contributed by atoms with Crippen molar-refractivity contribution in [3.63, 3.8) is 0 Å². The summed E-state index contributed by atoms with van der Waals surface area (Å²) in [5.74, 6) is -0.107. The second kappa shape index (κ2) is 7.81. The van der Waals surface area contributed by atoms with Crippen molar-refractivity contribution >= 4 is 34.6 Å². The van der Waals surface area contributed by atoms with E-state index in [0.29, 0.717) is 17.9 Å². The molecule has 0 unspecified atom stereocenters. The van der Waals surface area contributed by atoms with Crippen LogP contribution in [0.15, 0.2) is 46.9 Å². The third-order valence-electron chi connectivity index (χ3n) is 3.80. The Morgan fingerprint density at radius 2 is 2.33 bits per heavy atom. The predicted molar refractivity (Wildman–Crippen MR) is 97.7 cm³/mol. The normalized spacial score (nSPS) is 17.9. The van der Waals surface area contributed by atoms with Crippen molar-refractivity contribution in [1.29, 1.82) is 0 Å². The molecule has 2 atom stereocenters. The minimum Gasteiger partial charge on any atom is -0.382 e. The molecule has 126 valence electrons. The molecule has 0 aliphatic carbocycles. The molecule has 2 heterocycles. The van der Waals surface area contributed by atoms with Crippen molar-refractivity contribution in [1.82, 2.24) is 5.32 Å². The zero-order chi connectivity index (χ0) is 16.9. The molecule has 1 aromatic heterocycles. The standard InChI is InChI=1S/C18H19ClN2O2S/c1-12(8-16-6-3-7-24-16)20-18(22)17-11-15(21-23-17)10-13-4-2-5-14(19)9-13/h2-7,9,12,17H,8,10-11H2,1H3,(H,20,22)/t12-,17-/m0/s1. The first-order chi connectivity index (χ1) is 11.6. The third kappa shape index (κ3) is 4.58. The average Bonchev–Trinajstić information content (AvgIpc) is 3.19. The molecule has 0 bridgehead atoms. The van der Waals surface area contributed by atoms with Crippen molar-refractivity contribution in [2.75, 3.05) is 0 Å². The van der Waals surface area contributed by atoms with Gasteiger partial charge >= 0.3 is 0 Å². The number of hydrogen-bond donors (Lipinski definition) is 1. The van der Waals surface area contributed by atoms with Crippen LogP contribution in [0.3, 0.4) is 0 Å². The van der Waals surface area contributed by atoms with Crippen LogP contribution in [0, 0.1) is 0 Å². The summed E-state index contributed by atoms with van der Waals surface area (Å²) < 4.78 is 0. The Morgan fingerprint density at radius 1 is 1.46 bits per heavy atom. The largest absolute Gasteiger partial charge is 0.382 e. The quantitative estimate of drug-likeness (QED) is 0.848. The molecule has 0 saturated carbocycles. The Kier molecular flexibility index (Phi) is 5.53. The maximum Gasteiger partial charge on any atom is 0.264 e. The van der Waals surface area contributed by atoms with Crippen LogP contribution in [0.4, 0.5) is 0 Å². The summed E-state index contributed by atoms with van der Waals surface area (Å²) in [6, 6.07) is 11.8. The molecule has 4 nitrogen and oxygen atoms in total. The molecule has 1 aliphatic rings. The summed E-state index contributed by atoms with van der Waals surface area (Å²) in [5.41, 5.74) is 1.93. The summed E-state index contributed by atoms with van der Waals surface area (Å²) in [7, 11) is 0. The first-order valence-electron chi connectivity index (χ1n) is 7.89. The lowest BCUT2D eigenvalue weighted by molar-refractivity contribution is -0.131. The molecule has 0 radical (unpaired) electrons. The molecule has 2 aromatic rings. The number of carbonyl (C=O) groups excluding carboxylic acids is 1. The van der Waals surface area contributed by atoms with Crippen molar-refractivity contribution < 1.29 is 9.63 Å². The maximum atomic E-state index is 12.3. The highest BCUT2D eigenvalue weighted by atomic mass is 35.5. The van der Waals surface area contributed by atoms with Crippen LogP contribution < -0.4 is 5.32 Å². The van der Waals surface area contributed by atoms with Crippen LogP contribution in [0.5, 0.6) is 0 Å². The fourth-order valence-corrected chi connectivity index (χ4v) is 3.72. The van der Waals surface area contributed by atoms with Crippen molar-refractivity contribution in [3.05, 3.63) is 57.2 Å². The molecule has 0 spiro atoms. The van der Waals surface area contributed by atoms with Gasteiger partial charge in [0.25, 0.3) is 5.91 Å². The third-order valence-corrected chi connectivity index (χ3v) is 4.93. The van der Waals surface area contributed by atoms with E-state index in [1.165, 1.54) is 4.88 Å². The van der Waals surface area contributed by atoms with E-state index in [1.54, 1.807) is 11.3 Å². The summed E-state index contributed by atoms with van der Waals surface area (Å²) in [6.07, 6.45) is 1.45. The SMILES string of the molecule is C[C@@H](Cc1cccs1)NC(=O)[C@@H]1CC(Cc2cccc(Cl)c2)=NO1. The fraction of sp³-hybridized carbons (Fsp3) is 0.333. The van der Waals surface area contributed by atoms with Crippen LogP contribution in [0.2, 0.25) is 5.02 Å². The first-order valence-corrected chi connectivity index (χ1v) is 9.14. The molecule has 3 rings (SSSR count). The lowest BCUT2D eigenvalue weighted by Gasteiger charge is -2.15. The second-order valence-electron chi connectivity index (χ2n) is 5.96. The highest BCUT2D eigenvalue weighted by Crippen LogP contribution is 2.18. The van der Waals surface area contributed by atoms with Gasteiger partial charge in [-0.25, -0.2) is 0 Å². The van der Waals surface area contributed by atoms with Gasteiger partial charge in [-0.3, -0.25) is 4.79 Å². The van der Waals surface area contributed by atoms with Gasteiger partial charge in [0.1, 0.15) is 0 Å². The summed E-state index contributed by atoms with van der Waals surface area (Å²) in [6.45, 7) is 2.00. The second-order valence-corrected chi connectivity index (χ2v) is 7.42. The summed E-state index contributed by atoms with van der Waals surface area (Å²) >= 11 is 7.69. The number of halogens is 1. The Labute approximate surface area is 150 Å². The number of benzene rings is 1. The maximum absolute atomic E-state index is 12.3. The van der Waals surface area contributed by atoms with E-state index in [-0.39, 0.29) is 11.9 Å². The van der Waals surface area contributed by atoms with Crippen molar-refractivity contribution in [3.8, 4) is 0 Å². The van der Waals surface area contributed by atoms with E-state index in [0.717, 1.165) is 17.7 Å². The minimum atomic E-state index is -0.537. The molecule has 0 saturated heterocycles. The van der Waals surface area contributed by atoms with Gasteiger partial charge in [-0.1, -0.05) is 35.0 Å². The van der Waals surface area contributed by atoms with Crippen molar-refractivity contribution in [2.24, 2.45) is 5.16 Å². The number of rotatable bonds is 6. The lowest BCUT2D eigenvalue weighted by atomic mass is 10.0. The minimum absolute atomic E-state index is 0.0664. The summed E-state index contributed by atoms with van der Waals surface area (Å²) in [5, 5.41) is 9.80. The molecule has 1 amide bonds. The van der Waals surface area contributed by atoms with E-state index in [2.05, 4.69) is 16.5 Å². The summed E-state index contributed by atoms with van der Waals surface area (Å²) in [4.78, 5) is 18.9.